The lowest BCUT2D eigenvalue weighted by Crippen LogP contribution is -2.55. The Labute approximate surface area is 167 Å². The van der Waals surface area contributed by atoms with Gasteiger partial charge >= 0.3 is 0 Å². The minimum atomic E-state index is -0.0307. The maximum Gasteiger partial charge on any atom is 0.230 e. The Kier molecular flexibility index (Phi) is 6.11. The van der Waals surface area contributed by atoms with E-state index in [-0.39, 0.29) is 29.6 Å². The van der Waals surface area contributed by atoms with Gasteiger partial charge in [-0.05, 0) is 43.1 Å². The molecule has 0 radical (unpaired) electrons. The van der Waals surface area contributed by atoms with Crippen LogP contribution in [-0.4, -0.2) is 53.8 Å². The molecule has 0 bridgehead atoms. The van der Waals surface area contributed by atoms with Crippen molar-refractivity contribution in [1.82, 2.24) is 9.80 Å². The molecule has 2 amide bonds. The van der Waals surface area contributed by atoms with Crippen molar-refractivity contribution in [2.45, 2.75) is 50.5 Å². The largest absolute Gasteiger partial charge is 0.343 e. The van der Waals surface area contributed by atoms with Gasteiger partial charge in [-0.25, -0.2) is 0 Å². The third kappa shape index (κ3) is 4.14. The normalized spacial score (nSPS) is 24.6. The van der Waals surface area contributed by atoms with E-state index >= 15 is 0 Å². The molecule has 1 aromatic rings. The van der Waals surface area contributed by atoms with Crippen LogP contribution in [0.5, 0.6) is 0 Å². The summed E-state index contributed by atoms with van der Waals surface area (Å²) in [7, 11) is 0. The summed E-state index contributed by atoms with van der Waals surface area (Å²) in [4.78, 5) is 29.4. The van der Waals surface area contributed by atoms with Gasteiger partial charge in [-0.3, -0.25) is 9.59 Å². The second-order valence-electron chi connectivity index (χ2n) is 8.28. The van der Waals surface area contributed by atoms with Gasteiger partial charge in [0.25, 0.3) is 0 Å². The topological polar surface area (TPSA) is 66.6 Å². The van der Waals surface area contributed by atoms with Crippen LogP contribution in [0.4, 0.5) is 0 Å². The number of amides is 2. The van der Waals surface area contributed by atoms with Crippen molar-refractivity contribution in [2.75, 3.05) is 26.2 Å². The van der Waals surface area contributed by atoms with E-state index in [2.05, 4.69) is 17.0 Å². The fourth-order valence-electron chi connectivity index (χ4n) is 4.74. The Hall–Kier alpha value is -1.59. The lowest BCUT2D eigenvalue weighted by atomic mass is 9.67. The van der Waals surface area contributed by atoms with Crippen LogP contribution in [0.1, 0.15) is 50.0 Å². The van der Waals surface area contributed by atoms with Gasteiger partial charge in [-0.1, -0.05) is 30.3 Å². The highest BCUT2D eigenvalue weighted by molar-refractivity contribution is 5.86. The molecule has 1 aliphatic carbocycles. The maximum atomic E-state index is 13.1. The number of hydrogen-bond acceptors (Lipinski definition) is 3. The quantitative estimate of drug-likeness (QED) is 0.857. The number of rotatable bonds is 4. The standard InChI is InChI=1S/C21H29N3O2.ClH/c22-11-8-19(25)23-12-9-21(10-13-23)14-18(16-4-2-1-3-5-16)20(26)24(15-21)17-6-7-17;/h1-5,17-18H,6-15,22H2;1H. The van der Waals surface area contributed by atoms with E-state index in [1.165, 1.54) is 0 Å². The van der Waals surface area contributed by atoms with Gasteiger partial charge in [-0.2, -0.15) is 0 Å². The summed E-state index contributed by atoms with van der Waals surface area (Å²) in [6.07, 6.45) is 5.62. The number of nitrogens with zero attached hydrogens (tertiary/aromatic N) is 2. The molecule has 27 heavy (non-hydrogen) atoms. The van der Waals surface area contributed by atoms with E-state index in [0.29, 0.717) is 24.9 Å². The van der Waals surface area contributed by atoms with E-state index < -0.39 is 0 Å². The number of piperidine rings is 2. The van der Waals surface area contributed by atoms with Crippen molar-refractivity contribution in [3.8, 4) is 0 Å². The molecule has 1 aromatic carbocycles. The van der Waals surface area contributed by atoms with Crippen molar-refractivity contribution in [3.05, 3.63) is 35.9 Å². The second kappa shape index (κ2) is 8.19. The Morgan fingerprint density at radius 2 is 1.81 bits per heavy atom. The SMILES string of the molecule is Cl.NCCC(=O)N1CCC2(CC1)CC(c1ccccc1)C(=O)N(C1CC1)C2. The highest BCUT2D eigenvalue weighted by Gasteiger charge is 2.49. The van der Waals surface area contributed by atoms with Gasteiger partial charge in [0.1, 0.15) is 0 Å². The molecule has 1 unspecified atom stereocenters. The first kappa shape index (κ1) is 20.2. The molecular formula is C21H30ClN3O2. The molecule has 2 aliphatic heterocycles. The van der Waals surface area contributed by atoms with Crippen LogP contribution < -0.4 is 5.73 Å². The van der Waals surface area contributed by atoms with Gasteiger partial charge in [0.15, 0.2) is 0 Å². The predicted molar refractivity (Wildman–Crippen MR) is 108 cm³/mol. The molecule has 0 aromatic heterocycles. The minimum Gasteiger partial charge on any atom is -0.343 e. The first-order valence-electron chi connectivity index (χ1n) is 9.95. The van der Waals surface area contributed by atoms with E-state index in [1.54, 1.807) is 0 Å². The Bertz CT molecular complexity index is 669. The van der Waals surface area contributed by atoms with Crippen LogP contribution in [0.15, 0.2) is 30.3 Å². The second-order valence-corrected chi connectivity index (χ2v) is 8.28. The van der Waals surface area contributed by atoms with Crippen molar-refractivity contribution in [2.24, 2.45) is 11.1 Å². The van der Waals surface area contributed by atoms with E-state index in [1.807, 2.05) is 23.1 Å². The molecule has 2 N–H and O–H groups in total. The number of carbonyl (C=O) groups excluding carboxylic acids is 2. The highest BCUT2D eigenvalue weighted by Crippen LogP contribution is 2.48. The van der Waals surface area contributed by atoms with Crippen LogP contribution in [0.25, 0.3) is 0 Å². The van der Waals surface area contributed by atoms with Gasteiger partial charge in [0.2, 0.25) is 11.8 Å². The lowest BCUT2D eigenvalue weighted by molar-refractivity contribution is -0.145. The summed E-state index contributed by atoms with van der Waals surface area (Å²) in [5, 5.41) is 0. The van der Waals surface area contributed by atoms with Gasteiger partial charge in [0, 0.05) is 38.6 Å². The first-order chi connectivity index (χ1) is 12.6. The summed E-state index contributed by atoms with van der Waals surface area (Å²) in [5.41, 5.74) is 6.83. The van der Waals surface area contributed by atoms with E-state index in [4.69, 9.17) is 5.73 Å². The van der Waals surface area contributed by atoms with Crippen LogP contribution in [0.2, 0.25) is 0 Å². The molecule has 1 atom stereocenters. The zero-order chi connectivity index (χ0) is 18.1. The van der Waals surface area contributed by atoms with Crippen molar-refractivity contribution >= 4 is 24.2 Å². The van der Waals surface area contributed by atoms with Gasteiger partial charge in [0.05, 0.1) is 5.92 Å². The fourth-order valence-corrected chi connectivity index (χ4v) is 4.74. The number of carbonyl (C=O) groups is 2. The van der Waals surface area contributed by atoms with Crippen LogP contribution in [0, 0.1) is 5.41 Å². The summed E-state index contributed by atoms with van der Waals surface area (Å²) >= 11 is 0. The van der Waals surface area contributed by atoms with Crippen molar-refractivity contribution < 1.29 is 9.59 Å². The number of halogens is 1. The molecule has 3 fully saturated rings. The fraction of sp³-hybridized carbons (Fsp3) is 0.619. The summed E-state index contributed by atoms with van der Waals surface area (Å²) < 4.78 is 0. The molecule has 2 saturated heterocycles. The average Bonchev–Trinajstić information content (AvgIpc) is 3.50. The molecular weight excluding hydrogens is 362 g/mol. The molecule has 148 valence electrons. The predicted octanol–water partition coefficient (Wildman–Crippen LogP) is 2.54. The monoisotopic (exact) mass is 391 g/mol. The molecule has 2 heterocycles. The zero-order valence-electron chi connectivity index (χ0n) is 15.8. The van der Waals surface area contributed by atoms with Crippen molar-refractivity contribution in [1.29, 1.82) is 0 Å². The Morgan fingerprint density at radius 3 is 2.41 bits per heavy atom. The molecule has 5 nitrogen and oxygen atoms in total. The van der Waals surface area contributed by atoms with Gasteiger partial charge in [-0.15, -0.1) is 12.4 Å². The van der Waals surface area contributed by atoms with Crippen LogP contribution >= 0.6 is 12.4 Å². The number of likely N-dealkylation sites (tertiary alicyclic amines) is 2. The summed E-state index contributed by atoms with van der Waals surface area (Å²) in [6, 6.07) is 10.7. The van der Waals surface area contributed by atoms with Gasteiger partial charge < -0.3 is 15.5 Å². The molecule has 1 spiro atoms. The Morgan fingerprint density at radius 1 is 1.15 bits per heavy atom. The van der Waals surface area contributed by atoms with Crippen LogP contribution in [0.3, 0.4) is 0 Å². The molecule has 6 heteroatoms. The minimum absolute atomic E-state index is 0. The third-order valence-corrected chi connectivity index (χ3v) is 6.45. The number of nitrogens with two attached hydrogens (primary N) is 1. The van der Waals surface area contributed by atoms with Crippen LogP contribution in [-0.2, 0) is 9.59 Å². The molecule has 3 aliphatic rings. The number of hydrogen-bond donors (Lipinski definition) is 1. The zero-order valence-corrected chi connectivity index (χ0v) is 16.6. The molecule has 4 rings (SSSR count). The van der Waals surface area contributed by atoms with E-state index in [9.17, 15) is 9.59 Å². The maximum absolute atomic E-state index is 13.1. The smallest absolute Gasteiger partial charge is 0.230 e. The Balaban J connectivity index is 0.00000210. The third-order valence-electron chi connectivity index (χ3n) is 6.45. The summed E-state index contributed by atoms with van der Waals surface area (Å²) in [6.45, 7) is 2.89. The highest BCUT2D eigenvalue weighted by atomic mass is 35.5. The van der Waals surface area contributed by atoms with E-state index in [0.717, 1.165) is 57.3 Å². The first-order valence-corrected chi connectivity index (χ1v) is 9.95. The molecule has 1 saturated carbocycles. The number of benzene rings is 1. The summed E-state index contributed by atoms with van der Waals surface area (Å²) in [5.74, 6) is 0.454. The average molecular weight is 392 g/mol. The lowest BCUT2D eigenvalue weighted by Gasteiger charge is -2.50. The van der Waals surface area contributed by atoms with Crippen molar-refractivity contribution in [3.63, 3.8) is 0 Å².